The molecule has 0 bridgehead atoms. The molecule has 9 heteroatoms. The van der Waals surface area contributed by atoms with Crippen LogP contribution < -0.4 is 15.5 Å². The van der Waals surface area contributed by atoms with Crippen LogP contribution in [-0.4, -0.2) is 43.9 Å². The van der Waals surface area contributed by atoms with Gasteiger partial charge in [-0.15, -0.1) is 5.10 Å². The molecule has 0 spiro atoms. The van der Waals surface area contributed by atoms with Gasteiger partial charge in [-0.05, 0) is 74.9 Å². The van der Waals surface area contributed by atoms with E-state index in [0.29, 0.717) is 28.7 Å². The molecule has 0 radical (unpaired) electrons. The van der Waals surface area contributed by atoms with Crippen molar-refractivity contribution in [2.45, 2.75) is 26.8 Å². The highest BCUT2D eigenvalue weighted by Gasteiger charge is 2.34. The van der Waals surface area contributed by atoms with E-state index >= 15 is 0 Å². The minimum absolute atomic E-state index is 0.146. The van der Waals surface area contributed by atoms with E-state index in [1.165, 1.54) is 0 Å². The summed E-state index contributed by atoms with van der Waals surface area (Å²) < 4.78 is 1.73. The van der Waals surface area contributed by atoms with Crippen molar-refractivity contribution in [1.82, 2.24) is 19.7 Å². The maximum Gasteiger partial charge on any atom is 0.255 e. The fraction of sp³-hybridized carbons (Fsp3) is 0.214. The smallest absolute Gasteiger partial charge is 0.255 e. The molecule has 1 amide bonds. The number of pyridine rings is 1. The Morgan fingerprint density at radius 3 is 2.46 bits per heavy atom. The Labute approximate surface area is 215 Å². The number of aromatic nitrogens is 4. The lowest BCUT2D eigenvalue weighted by Gasteiger charge is -2.28. The molecule has 0 aliphatic carbocycles. The number of rotatable bonds is 7. The van der Waals surface area contributed by atoms with Crippen LogP contribution in [0, 0.1) is 0 Å². The van der Waals surface area contributed by atoms with Gasteiger partial charge in [0.05, 0.1) is 17.5 Å². The largest absolute Gasteiger partial charge is 0.508 e. The van der Waals surface area contributed by atoms with E-state index in [0.717, 1.165) is 29.9 Å². The highest BCUT2D eigenvalue weighted by atomic mass is 16.3. The van der Waals surface area contributed by atoms with Crippen molar-refractivity contribution >= 4 is 23.2 Å². The zero-order valence-corrected chi connectivity index (χ0v) is 21.0. The quantitative estimate of drug-likeness (QED) is 0.337. The molecule has 1 aliphatic rings. The summed E-state index contributed by atoms with van der Waals surface area (Å²) in [5.41, 5.74) is 4.58. The van der Waals surface area contributed by atoms with E-state index in [-0.39, 0.29) is 11.7 Å². The molecule has 5 rings (SSSR count). The topological polar surface area (TPSA) is 108 Å². The molecule has 188 valence electrons. The maximum absolute atomic E-state index is 13.5. The van der Waals surface area contributed by atoms with Gasteiger partial charge >= 0.3 is 0 Å². The lowest BCUT2D eigenvalue weighted by molar-refractivity contribution is -0.113. The third-order valence-electron chi connectivity index (χ3n) is 6.48. The monoisotopic (exact) mass is 495 g/mol. The predicted molar refractivity (Wildman–Crippen MR) is 144 cm³/mol. The van der Waals surface area contributed by atoms with Gasteiger partial charge in [0.25, 0.3) is 5.91 Å². The standard InChI is InChI=1S/C28H29N7O2/c1-4-34(5-2)22-12-8-20(9-13-22)26-32-28-30-18(3)24(27(37)31-21-7-6-16-29-17-21)25(35(28)33-26)19-10-14-23(36)15-11-19/h6-17,25,36H,4-5H2,1-3H3,(H,31,37)(H,30,32,33). The van der Waals surface area contributed by atoms with E-state index in [1.54, 1.807) is 53.5 Å². The third-order valence-corrected chi connectivity index (χ3v) is 6.48. The highest BCUT2D eigenvalue weighted by molar-refractivity contribution is 6.06. The van der Waals surface area contributed by atoms with Crippen molar-refractivity contribution in [3.8, 4) is 17.1 Å². The van der Waals surface area contributed by atoms with Gasteiger partial charge in [-0.2, -0.15) is 4.98 Å². The Hall–Kier alpha value is -4.66. The van der Waals surface area contributed by atoms with Gasteiger partial charge in [0, 0.05) is 36.2 Å². The molecule has 1 aliphatic heterocycles. The molecule has 3 N–H and O–H groups in total. The molecular formula is C28H29N7O2. The summed E-state index contributed by atoms with van der Waals surface area (Å²) in [5.74, 6) is 0.963. The molecule has 0 saturated carbocycles. The number of carbonyl (C=O) groups is 1. The first-order chi connectivity index (χ1) is 18.0. The summed E-state index contributed by atoms with van der Waals surface area (Å²) in [6.45, 7) is 7.98. The van der Waals surface area contributed by atoms with E-state index in [4.69, 9.17) is 10.1 Å². The van der Waals surface area contributed by atoms with Crippen LogP contribution in [0.2, 0.25) is 0 Å². The second-order valence-corrected chi connectivity index (χ2v) is 8.78. The van der Waals surface area contributed by atoms with Gasteiger partial charge in [0.1, 0.15) is 11.8 Å². The number of amides is 1. The van der Waals surface area contributed by atoms with Crippen LogP contribution in [0.5, 0.6) is 5.75 Å². The summed E-state index contributed by atoms with van der Waals surface area (Å²) in [6, 6.07) is 18.0. The third kappa shape index (κ3) is 4.75. The molecule has 9 nitrogen and oxygen atoms in total. The second-order valence-electron chi connectivity index (χ2n) is 8.78. The summed E-state index contributed by atoms with van der Waals surface area (Å²) in [6.07, 6.45) is 3.25. The van der Waals surface area contributed by atoms with Crippen molar-refractivity contribution in [3.63, 3.8) is 0 Å². The summed E-state index contributed by atoms with van der Waals surface area (Å²) in [4.78, 5) is 24.6. The van der Waals surface area contributed by atoms with Gasteiger partial charge in [0.15, 0.2) is 5.82 Å². The Morgan fingerprint density at radius 2 is 1.81 bits per heavy atom. The first kappa shape index (κ1) is 24.1. The van der Waals surface area contributed by atoms with Gasteiger partial charge < -0.3 is 20.6 Å². The lowest BCUT2D eigenvalue weighted by atomic mass is 9.95. The van der Waals surface area contributed by atoms with E-state index in [1.807, 2.05) is 19.1 Å². The number of benzene rings is 2. The Balaban J connectivity index is 1.54. The number of carbonyl (C=O) groups excluding carboxylic acids is 1. The zero-order valence-electron chi connectivity index (χ0n) is 21.0. The summed E-state index contributed by atoms with van der Waals surface area (Å²) in [7, 11) is 0. The molecule has 3 heterocycles. The van der Waals surface area contributed by atoms with Crippen molar-refractivity contribution in [1.29, 1.82) is 0 Å². The van der Waals surface area contributed by atoms with Gasteiger partial charge in [-0.3, -0.25) is 9.78 Å². The zero-order chi connectivity index (χ0) is 25.9. The van der Waals surface area contributed by atoms with Crippen molar-refractivity contribution in [2.24, 2.45) is 0 Å². The van der Waals surface area contributed by atoms with Crippen LogP contribution in [0.15, 0.2) is 84.3 Å². The van der Waals surface area contributed by atoms with Gasteiger partial charge in [-0.1, -0.05) is 12.1 Å². The Kier molecular flexibility index (Phi) is 6.59. The van der Waals surface area contributed by atoms with Crippen LogP contribution >= 0.6 is 0 Å². The van der Waals surface area contributed by atoms with Crippen molar-refractivity contribution in [3.05, 3.63) is 89.9 Å². The van der Waals surface area contributed by atoms with Crippen LogP contribution in [0.4, 0.5) is 17.3 Å². The van der Waals surface area contributed by atoms with Crippen LogP contribution in [0.3, 0.4) is 0 Å². The number of nitrogens with zero attached hydrogens (tertiary/aromatic N) is 5. The number of anilines is 3. The molecule has 1 unspecified atom stereocenters. The number of aromatic hydroxyl groups is 1. The molecular weight excluding hydrogens is 466 g/mol. The van der Waals surface area contributed by atoms with Crippen LogP contribution in [0.1, 0.15) is 32.4 Å². The second kappa shape index (κ2) is 10.1. The van der Waals surface area contributed by atoms with Gasteiger partial charge in [0.2, 0.25) is 5.95 Å². The minimum Gasteiger partial charge on any atom is -0.508 e. The minimum atomic E-state index is -0.551. The predicted octanol–water partition coefficient (Wildman–Crippen LogP) is 4.82. The summed E-state index contributed by atoms with van der Waals surface area (Å²) in [5, 5.41) is 20.9. The number of fused-ring (bicyclic) bond motifs is 1. The molecule has 4 aromatic rings. The molecule has 37 heavy (non-hydrogen) atoms. The first-order valence-corrected chi connectivity index (χ1v) is 12.3. The van der Waals surface area contributed by atoms with E-state index in [9.17, 15) is 9.90 Å². The number of nitrogens with one attached hydrogen (secondary N) is 2. The average molecular weight is 496 g/mol. The number of allylic oxidation sites excluding steroid dienone is 1. The number of hydrogen-bond donors (Lipinski definition) is 3. The van der Waals surface area contributed by atoms with E-state index < -0.39 is 6.04 Å². The van der Waals surface area contributed by atoms with Crippen molar-refractivity contribution in [2.75, 3.05) is 28.6 Å². The maximum atomic E-state index is 13.5. The number of phenolic OH excluding ortho intramolecular Hbond substituents is 1. The van der Waals surface area contributed by atoms with Crippen molar-refractivity contribution < 1.29 is 9.90 Å². The summed E-state index contributed by atoms with van der Waals surface area (Å²) >= 11 is 0. The van der Waals surface area contributed by atoms with Gasteiger partial charge in [-0.25, -0.2) is 4.68 Å². The number of hydrogen-bond acceptors (Lipinski definition) is 7. The highest BCUT2D eigenvalue weighted by Crippen LogP contribution is 2.37. The molecule has 0 fully saturated rings. The van der Waals surface area contributed by atoms with Crippen LogP contribution in [0.25, 0.3) is 11.4 Å². The SMILES string of the molecule is CCN(CC)c1ccc(-c2nc3n(n2)C(c2ccc(O)cc2)C(C(=O)Nc2cccnc2)=C(C)N3)cc1. The first-order valence-electron chi connectivity index (χ1n) is 12.3. The Bertz CT molecular complexity index is 1420. The number of phenols is 1. The lowest BCUT2D eigenvalue weighted by Crippen LogP contribution is -2.31. The normalized spacial score (nSPS) is 14.6. The fourth-order valence-electron chi connectivity index (χ4n) is 4.58. The van der Waals surface area contributed by atoms with E-state index in [2.05, 4.69) is 46.5 Å². The average Bonchev–Trinajstić information content (AvgIpc) is 3.33. The Morgan fingerprint density at radius 1 is 1.08 bits per heavy atom. The molecule has 0 saturated heterocycles. The van der Waals surface area contributed by atoms with Crippen LogP contribution in [-0.2, 0) is 4.79 Å². The fourth-order valence-corrected chi connectivity index (χ4v) is 4.58. The molecule has 1 atom stereocenters. The molecule has 2 aromatic heterocycles. The molecule has 2 aromatic carbocycles.